The molecule has 3 heterocycles. The lowest BCUT2D eigenvalue weighted by atomic mass is 9.96. The summed E-state index contributed by atoms with van der Waals surface area (Å²) in [6, 6.07) is 22.1. The molecule has 0 radical (unpaired) electrons. The molecule has 2 unspecified atom stereocenters. The molecule has 8 heteroatoms. The van der Waals surface area contributed by atoms with Gasteiger partial charge in [-0.05, 0) is 98.4 Å². The average Bonchev–Trinajstić information content (AvgIpc) is 3.39. The zero-order valence-corrected chi connectivity index (χ0v) is 21.0. The highest BCUT2D eigenvalue weighted by Crippen LogP contribution is 2.44. The largest absolute Gasteiger partial charge is 0.508 e. The summed E-state index contributed by atoms with van der Waals surface area (Å²) in [5, 5.41) is 13.9. The van der Waals surface area contributed by atoms with Gasteiger partial charge in [0.2, 0.25) is 0 Å². The van der Waals surface area contributed by atoms with Crippen LogP contribution in [0.2, 0.25) is 0 Å². The molecule has 2 atom stereocenters. The number of carbonyl (C=O) groups is 1. The fraction of sp³-hybridized carbons (Fsp3) is 0.179. The number of nitrogens with one attached hydrogen (secondary N) is 1. The predicted molar refractivity (Wildman–Crippen MR) is 143 cm³/mol. The SMILES string of the molecule is COC(=O)c1ccc(-n2c(C)cc(C3C(c4ccccn4)NC(=S)N3c3ccc(O)cc3)c2C)cc1. The Morgan fingerprint density at radius 1 is 1.03 bits per heavy atom. The van der Waals surface area contributed by atoms with Crippen molar-refractivity contribution in [3.05, 3.63) is 107 Å². The molecule has 0 bridgehead atoms. The van der Waals surface area contributed by atoms with Gasteiger partial charge in [-0.3, -0.25) is 4.98 Å². The van der Waals surface area contributed by atoms with E-state index in [4.69, 9.17) is 17.0 Å². The zero-order chi connectivity index (χ0) is 25.4. The van der Waals surface area contributed by atoms with E-state index in [-0.39, 0.29) is 23.8 Å². The van der Waals surface area contributed by atoms with E-state index in [1.165, 1.54) is 7.11 Å². The number of pyridine rings is 1. The van der Waals surface area contributed by atoms with E-state index < -0.39 is 0 Å². The number of phenolic OH excluding ortho intramolecular Hbond substituents is 1. The van der Waals surface area contributed by atoms with Crippen molar-refractivity contribution in [2.45, 2.75) is 25.9 Å². The highest BCUT2D eigenvalue weighted by Gasteiger charge is 2.42. The Labute approximate surface area is 215 Å². The molecule has 1 aliphatic heterocycles. The van der Waals surface area contributed by atoms with Crippen LogP contribution >= 0.6 is 12.2 Å². The maximum Gasteiger partial charge on any atom is 0.337 e. The molecule has 4 aromatic rings. The third-order valence-corrected chi connectivity index (χ3v) is 6.88. The number of carbonyl (C=O) groups excluding carboxylic acids is 1. The van der Waals surface area contributed by atoms with E-state index in [0.29, 0.717) is 10.7 Å². The minimum Gasteiger partial charge on any atom is -0.508 e. The third-order valence-electron chi connectivity index (χ3n) is 6.56. The maximum absolute atomic E-state index is 11.9. The second-order valence-corrected chi connectivity index (χ2v) is 9.10. The molecule has 2 aromatic heterocycles. The normalized spacial score (nSPS) is 17.2. The monoisotopic (exact) mass is 498 g/mol. The number of phenols is 1. The highest BCUT2D eigenvalue weighted by molar-refractivity contribution is 7.80. The fourth-order valence-corrected chi connectivity index (χ4v) is 5.26. The topological polar surface area (TPSA) is 79.6 Å². The van der Waals surface area contributed by atoms with Gasteiger partial charge in [-0.15, -0.1) is 0 Å². The Kier molecular flexibility index (Phi) is 6.20. The Balaban J connectivity index is 1.63. The van der Waals surface area contributed by atoms with Crippen molar-refractivity contribution in [2.24, 2.45) is 0 Å². The molecule has 5 rings (SSSR count). The van der Waals surface area contributed by atoms with Crippen LogP contribution in [0.1, 0.15) is 45.1 Å². The molecule has 1 aliphatic rings. The highest BCUT2D eigenvalue weighted by atomic mass is 32.1. The number of aryl methyl sites for hydroxylation is 1. The van der Waals surface area contributed by atoms with Gasteiger partial charge < -0.3 is 24.6 Å². The molecule has 36 heavy (non-hydrogen) atoms. The summed E-state index contributed by atoms with van der Waals surface area (Å²) < 4.78 is 7.00. The van der Waals surface area contributed by atoms with E-state index in [0.717, 1.165) is 34.0 Å². The summed E-state index contributed by atoms with van der Waals surface area (Å²) in [4.78, 5) is 18.6. The number of aromatic nitrogens is 2. The molecule has 1 saturated heterocycles. The first-order valence-corrected chi connectivity index (χ1v) is 12.0. The molecular formula is C28H26N4O3S. The van der Waals surface area contributed by atoms with Gasteiger partial charge >= 0.3 is 5.97 Å². The summed E-state index contributed by atoms with van der Waals surface area (Å²) in [5.41, 5.74) is 6.42. The lowest BCUT2D eigenvalue weighted by molar-refractivity contribution is 0.0600. The fourth-order valence-electron chi connectivity index (χ4n) is 4.91. The molecule has 0 aliphatic carbocycles. The first-order chi connectivity index (χ1) is 17.4. The molecule has 1 fully saturated rings. The molecule has 0 amide bonds. The second-order valence-electron chi connectivity index (χ2n) is 8.71. The van der Waals surface area contributed by atoms with Gasteiger partial charge in [0.05, 0.1) is 30.5 Å². The van der Waals surface area contributed by atoms with Crippen LogP contribution in [0.15, 0.2) is 79.0 Å². The number of methoxy groups -OCH3 is 1. The molecule has 7 nitrogen and oxygen atoms in total. The number of benzene rings is 2. The number of thiocarbonyl (C=S) groups is 1. The van der Waals surface area contributed by atoms with Crippen LogP contribution in [0.3, 0.4) is 0 Å². The number of anilines is 1. The van der Waals surface area contributed by atoms with E-state index in [9.17, 15) is 9.90 Å². The van der Waals surface area contributed by atoms with Gasteiger partial charge in [0.25, 0.3) is 0 Å². The van der Waals surface area contributed by atoms with Crippen LogP contribution in [0.25, 0.3) is 5.69 Å². The summed E-state index contributed by atoms with van der Waals surface area (Å²) in [6.45, 7) is 4.15. The summed E-state index contributed by atoms with van der Waals surface area (Å²) in [6.07, 6.45) is 1.78. The Morgan fingerprint density at radius 2 is 1.72 bits per heavy atom. The third kappa shape index (κ3) is 4.09. The lowest BCUT2D eigenvalue weighted by Crippen LogP contribution is -2.29. The lowest BCUT2D eigenvalue weighted by Gasteiger charge is -2.28. The van der Waals surface area contributed by atoms with E-state index in [1.54, 1.807) is 30.5 Å². The van der Waals surface area contributed by atoms with Gasteiger partial charge in [0.15, 0.2) is 5.11 Å². The van der Waals surface area contributed by atoms with Crippen molar-refractivity contribution < 1.29 is 14.6 Å². The van der Waals surface area contributed by atoms with Crippen molar-refractivity contribution >= 4 is 29.0 Å². The van der Waals surface area contributed by atoms with Crippen LogP contribution < -0.4 is 10.2 Å². The summed E-state index contributed by atoms with van der Waals surface area (Å²) in [5.74, 6) is -0.167. The van der Waals surface area contributed by atoms with E-state index >= 15 is 0 Å². The van der Waals surface area contributed by atoms with E-state index in [2.05, 4.69) is 39.7 Å². The minimum atomic E-state index is -0.364. The second kappa shape index (κ2) is 9.47. The minimum absolute atomic E-state index is 0.175. The number of hydrogen-bond donors (Lipinski definition) is 2. The van der Waals surface area contributed by atoms with Crippen molar-refractivity contribution in [3.63, 3.8) is 0 Å². The number of rotatable bonds is 5. The Morgan fingerprint density at radius 3 is 2.36 bits per heavy atom. The van der Waals surface area contributed by atoms with E-state index in [1.807, 2.05) is 42.5 Å². The number of ether oxygens (including phenoxy) is 1. The first-order valence-electron chi connectivity index (χ1n) is 11.6. The first kappa shape index (κ1) is 23.6. The molecule has 0 spiro atoms. The zero-order valence-electron chi connectivity index (χ0n) is 20.2. The van der Waals surface area contributed by atoms with Gasteiger partial charge in [0.1, 0.15) is 5.75 Å². The summed E-state index contributed by atoms with van der Waals surface area (Å²) in [7, 11) is 1.38. The van der Waals surface area contributed by atoms with Gasteiger partial charge in [-0.25, -0.2) is 4.79 Å². The number of aromatic hydroxyl groups is 1. The van der Waals surface area contributed by atoms with Gasteiger partial charge in [0, 0.05) is 29.0 Å². The smallest absolute Gasteiger partial charge is 0.337 e. The van der Waals surface area contributed by atoms with Crippen molar-refractivity contribution in [3.8, 4) is 11.4 Å². The van der Waals surface area contributed by atoms with Crippen LogP contribution in [-0.2, 0) is 4.74 Å². The number of esters is 1. The van der Waals surface area contributed by atoms with Gasteiger partial charge in [-0.1, -0.05) is 6.07 Å². The van der Waals surface area contributed by atoms with Crippen molar-refractivity contribution in [2.75, 3.05) is 12.0 Å². The van der Waals surface area contributed by atoms with Crippen molar-refractivity contribution in [1.82, 2.24) is 14.9 Å². The maximum atomic E-state index is 11.9. The average molecular weight is 499 g/mol. The van der Waals surface area contributed by atoms with Crippen LogP contribution in [0.5, 0.6) is 5.75 Å². The molecular weight excluding hydrogens is 472 g/mol. The molecule has 2 N–H and O–H groups in total. The standard InChI is InChI=1S/C28H26N4O3S/c1-17-16-23(18(2)31(17)20-9-7-19(8-10-20)27(34)35-3)26-25(24-6-4-5-15-29-24)30-28(36)32(26)21-11-13-22(33)14-12-21/h4-16,25-26,33H,1-3H3,(H,30,36). The molecule has 182 valence electrons. The van der Waals surface area contributed by atoms with Gasteiger partial charge in [-0.2, -0.15) is 0 Å². The van der Waals surface area contributed by atoms with Crippen LogP contribution in [0, 0.1) is 13.8 Å². The number of hydrogen-bond acceptors (Lipinski definition) is 5. The summed E-state index contributed by atoms with van der Waals surface area (Å²) >= 11 is 5.81. The quantitative estimate of drug-likeness (QED) is 0.291. The van der Waals surface area contributed by atoms with Crippen LogP contribution in [0.4, 0.5) is 5.69 Å². The predicted octanol–water partition coefficient (Wildman–Crippen LogP) is 5.16. The Hall–Kier alpha value is -4.17. The Bertz CT molecular complexity index is 1420. The molecule has 0 saturated carbocycles. The van der Waals surface area contributed by atoms with Crippen molar-refractivity contribution in [1.29, 1.82) is 0 Å². The number of nitrogens with zero attached hydrogens (tertiary/aromatic N) is 3. The molecule has 2 aromatic carbocycles. The van der Waals surface area contributed by atoms with Crippen LogP contribution in [-0.4, -0.2) is 32.8 Å².